The van der Waals surface area contributed by atoms with Crippen molar-refractivity contribution in [3.63, 3.8) is 0 Å². The molecule has 1 amide bonds. The van der Waals surface area contributed by atoms with Gasteiger partial charge in [0.2, 0.25) is 5.91 Å². The number of hydrogen-bond acceptors (Lipinski definition) is 4. The topological polar surface area (TPSA) is 59.6 Å². The molecular weight excluding hydrogens is 244 g/mol. The average molecular weight is 266 g/mol. The van der Waals surface area contributed by atoms with Crippen molar-refractivity contribution in [2.45, 2.75) is 62.9 Å². The molecule has 2 saturated carbocycles. The summed E-state index contributed by atoms with van der Waals surface area (Å²) in [6, 6.07) is -0.0474. The molecule has 0 aromatic carbocycles. The summed E-state index contributed by atoms with van der Waals surface area (Å²) in [5.41, 5.74) is 0.281. The SMILES string of the molecule is CC1NC2(CC3(CCC4(CC3)OCCO4)C2)NC1=O. The van der Waals surface area contributed by atoms with Crippen molar-refractivity contribution in [2.24, 2.45) is 5.41 Å². The van der Waals surface area contributed by atoms with Crippen LogP contribution in [-0.4, -0.2) is 36.6 Å². The van der Waals surface area contributed by atoms with E-state index in [0.717, 1.165) is 51.7 Å². The maximum atomic E-state index is 11.6. The van der Waals surface area contributed by atoms with Crippen LogP contribution in [0.15, 0.2) is 0 Å². The van der Waals surface area contributed by atoms with Crippen molar-refractivity contribution in [1.29, 1.82) is 0 Å². The molecule has 4 rings (SSSR count). The third-order valence-corrected chi connectivity index (χ3v) is 5.49. The smallest absolute Gasteiger partial charge is 0.238 e. The monoisotopic (exact) mass is 266 g/mol. The van der Waals surface area contributed by atoms with Crippen LogP contribution in [0.25, 0.3) is 0 Å². The molecule has 4 aliphatic rings. The van der Waals surface area contributed by atoms with Crippen molar-refractivity contribution < 1.29 is 14.3 Å². The molecule has 0 radical (unpaired) electrons. The first kappa shape index (κ1) is 12.1. The number of hydrogen-bond donors (Lipinski definition) is 2. The second-order valence-electron chi connectivity index (χ2n) is 6.90. The van der Waals surface area contributed by atoms with Crippen LogP contribution in [0.2, 0.25) is 0 Å². The minimum absolute atomic E-state index is 0.0474. The Balaban J connectivity index is 1.40. The van der Waals surface area contributed by atoms with Crippen molar-refractivity contribution in [3.05, 3.63) is 0 Å². The fourth-order valence-electron chi connectivity index (χ4n) is 4.58. The van der Waals surface area contributed by atoms with E-state index in [1.54, 1.807) is 0 Å². The van der Waals surface area contributed by atoms with E-state index in [1.807, 2.05) is 6.92 Å². The van der Waals surface area contributed by atoms with Gasteiger partial charge in [-0.25, -0.2) is 0 Å². The molecule has 2 N–H and O–H groups in total. The first-order chi connectivity index (χ1) is 9.05. The van der Waals surface area contributed by atoms with Crippen LogP contribution in [0, 0.1) is 5.41 Å². The maximum Gasteiger partial charge on any atom is 0.238 e. The normalized spacial score (nSPS) is 37.7. The highest BCUT2D eigenvalue weighted by atomic mass is 16.7. The number of carbonyl (C=O) groups is 1. The van der Waals surface area contributed by atoms with Crippen molar-refractivity contribution in [2.75, 3.05) is 13.2 Å². The summed E-state index contributed by atoms with van der Waals surface area (Å²) in [5.74, 6) is -0.127. The molecular formula is C14H22N2O3. The van der Waals surface area contributed by atoms with E-state index >= 15 is 0 Å². The highest BCUT2D eigenvalue weighted by Crippen LogP contribution is 2.59. The van der Waals surface area contributed by atoms with Crippen LogP contribution >= 0.6 is 0 Å². The molecule has 2 heterocycles. The van der Waals surface area contributed by atoms with Crippen LogP contribution < -0.4 is 10.6 Å². The molecule has 5 nitrogen and oxygen atoms in total. The molecule has 4 fully saturated rings. The molecule has 1 unspecified atom stereocenters. The Hall–Kier alpha value is -0.650. The number of rotatable bonds is 0. The fraction of sp³-hybridized carbons (Fsp3) is 0.929. The van der Waals surface area contributed by atoms with E-state index in [-0.39, 0.29) is 23.4 Å². The molecule has 2 aliphatic carbocycles. The lowest BCUT2D eigenvalue weighted by atomic mass is 9.54. The van der Waals surface area contributed by atoms with Gasteiger partial charge >= 0.3 is 0 Å². The van der Waals surface area contributed by atoms with E-state index in [1.165, 1.54) is 0 Å². The van der Waals surface area contributed by atoms with Crippen molar-refractivity contribution in [3.8, 4) is 0 Å². The Morgan fingerprint density at radius 2 is 1.74 bits per heavy atom. The lowest BCUT2D eigenvalue weighted by molar-refractivity contribution is -0.206. The van der Waals surface area contributed by atoms with Gasteiger partial charge in [-0.3, -0.25) is 10.1 Å². The Morgan fingerprint density at radius 1 is 1.11 bits per heavy atom. The minimum Gasteiger partial charge on any atom is -0.348 e. The molecule has 19 heavy (non-hydrogen) atoms. The molecule has 0 bridgehead atoms. The molecule has 2 saturated heterocycles. The zero-order chi connectivity index (χ0) is 13.1. The van der Waals surface area contributed by atoms with Gasteiger partial charge in [-0.1, -0.05) is 0 Å². The van der Waals surface area contributed by atoms with Crippen LogP contribution in [0.3, 0.4) is 0 Å². The Bertz CT molecular complexity index is 399. The average Bonchev–Trinajstić information content (AvgIpc) is 2.90. The van der Waals surface area contributed by atoms with E-state index in [0.29, 0.717) is 5.41 Å². The second-order valence-corrected chi connectivity index (χ2v) is 6.90. The van der Waals surface area contributed by atoms with Gasteiger partial charge in [0.15, 0.2) is 5.79 Å². The largest absolute Gasteiger partial charge is 0.348 e. The molecule has 106 valence electrons. The number of ether oxygens (including phenoxy) is 2. The number of amides is 1. The summed E-state index contributed by atoms with van der Waals surface area (Å²) in [6.45, 7) is 3.42. The zero-order valence-electron chi connectivity index (χ0n) is 11.5. The first-order valence-corrected chi connectivity index (χ1v) is 7.42. The summed E-state index contributed by atoms with van der Waals surface area (Å²) >= 11 is 0. The van der Waals surface area contributed by atoms with E-state index < -0.39 is 0 Å². The fourth-order valence-corrected chi connectivity index (χ4v) is 4.58. The Kier molecular flexibility index (Phi) is 2.37. The quantitative estimate of drug-likeness (QED) is 0.683. The summed E-state index contributed by atoms with van der Waals surface area (Å²) in [7, 11) is 0. The van der Waals surface area contributed by atoms with Crippen LogP contribution in [0.4, 0.5) is 0 Å². The van der Waals surface area contributed by atoms with E-state index in [9.17, 15) is 4.79 Å². The van der Waals surface area contributed by atoms with Crippen LogP contribution in [0.5, 0.6) is 0 Å². The summed E-state index contributed by atoms with van der Waals surface area (Å²) in [6.07, 6.45) is 6.44. The van der Waals surface area contributed by atoms with Gasteiger partial charge < -0.3 is 14.8 Å². The van der Waals surface area contributed by atoms with Crippen molar-refractivity contribution in [1.82, 2.24) is 10.6 Å². The second kappa shape index (κ2) is 3.71. The zero-order valence-corrected chi connectivity index (χ0v) is 11.5. The summed E-state index contributed by atoms with van der Waals surface area (Å²) in [4.78, 5) is 11.6. The lowest BCUT2D eigenvalue weighted by Crippen LogP contribution is -2.65. The third kappa shape index (κ3) is 1.75. The highest BCUT2D eigenvalue weighted by molar-refractivity contribution is 5.84. The van der Waals surface area contributed by atoms with Gasteiger partial charge in [0.1, 0.15) is 0 Å². The molecule has 3 spiro atoms. The van der Waals surface area contributed by atoms with Crippen LogP contribution in [-0.2, 0) is 14.3 Å². The highest BCUT2D eigenvalue weighted by Gasteiger charge is 2.61. The Morgan fingerprint density at radius 3 is 2.26 bits per heavy atom. The number of carbonyl (C=O) groups excluding carboxylic acids is 1. The van der Waals surface area contributed by atoms with Gasteiger partial charge in [-0.2, -0.15) is 0 Å². The predicted octanol–water partition coefficient (Wildman–Crippen LogP) is 0.888. The standard InChI is InChI=1S/C14H22N2O3/c1-10-11(17)16-13(15-10)8-12(9-13)2-4-14(5-3-12)18-6-7-19-14/h10,15H,2-9H2,1H3,(H,16,17). The molecule has 0 aromatic heterocycles. The first-order valence-electron chi connectivity index (χ1n) is 7.42. The molecule has 5 heteroatoms. The number of nitrogens with one attached hydrogen (secondary N) is 2. The third-order valence-electron chi connectivity index (χ3n) is 5.49. The van der Waals surface area contributed by atoms with Crippen molar-refractivity contribution >= 4 is 5.91 Å². The maximum absolute atomic E-state index is 11.6. The molecule has 0 aromatic rings. The van der Waals surface area contributed by atoms with E-state index in [4.69, 9.17) is 9.47 Å². The van der Waals surface area contributed by atoms with Gasteiger partial charge in [0, 0.05) is 12.8 Å². The minimum atomic E-state index is -0.270. The molecule has 2 aliphatic heterocycles. The lowest BCUT2D eigenvalue weighted by Gasteiger charge is -2.58. The van der Waals surface area contributed by atoms with Gasteiger partial charge in [0.05, 0.1) is 24.9 Å². The van der Waals surface area contributed by atoms with E-state index in [2.05, 4.69) is 10.6 Å². The van der Waals surface area contributed by atoms with Gasteiger partial charge in [0.25, 0.3) is 0 Å². The van der Waals surface area contributed by atoms with Gasteiger partial charge in [-0.05, 0) is 38.0 Å². The summed E-state index contributed by atoms with van der Waals surface area (Å²) in [5, 5.41) is 6.56. The van der Waals surface area contributed by atoms with Gasteiger partial charge in [-0.15, -0.1) is 0 Å². The molecule has 1 atom stereocenters. The van der Waals surface area contributed by atoms with Crippen LogP contribution in [0.1, 0.15) is 45.4 Å². The Labute approximate surface area is 113 Å². The predicted molar refractivity (Wildman–Crippen MR) is 68.2 cm³/mol. The summed E-state index contributed by atoms with van der Waals surface area (Å²) < 4.78 is 11.6.